The van der Waals surface area contributed by atoms with Crippen molar-refractivity contribution in [3.05, 3.63) is 83.4 Å². The van der Waals surface area contributed by atoms with Crippen LogP contribution in [-0.2, 0) is 14.8 Å². The first-order valence-electron chi connectivity index (χ1n) is 10.2. The lowest BCUT2D eigenvalue weighted by Gasteiger charge is -2.14. The maximum absolute atomic E-state index is 13.0. The first-order valence-corrected chi connectivity index (χ1v) is 11.7. The summed E-state index contributed by atoms with van der Waals surface area (Å²) in [6.07, 6.45) is 0.104. The molecule has 2 amide bonds. The van der Waals surface area contributed by atoms with E-state index >= 15 is 0 Å². The SMILES string of the molecule is Cc1ccc(C)c(S(=O)(=O)Nc2ccccc2C(=O)Nc2ccc(OCCC(N)=O)cc2)c1. The fraction of sp³-hybridized carbons (Fsp3) is 0.167. The third kappa shape index (κ3) is 6.33. The maximum Gasteiger partial charge on any atom is 0.262 e. The van der Waals surface area contributed by atoms with Crippen molar-refractivity contribution < 1.29 is 22.7 Å². The van der Waals surface area contributed by atoms with E-state index in [0.717, 1.165) is 5.56 Å². The molecule has 0 unspecified atom stereocenters. The van der Waals surface area contributed by atoms with Crippen LogP contribution in [0.2, 0.25) is 0 Å². The fourth-order valence-electron chi connectivity index (χ4n) is 3.07. The highest BCUT2D eigenvalue weighted by Crippen LogP contribution is 2.24. The van der Waals surface area contributed by atoms with Crippen molar-refractivity contribution in [1.29, 1.82) is 0 Å². The van der Waals surface area contributed by atoms with Gasteiger partial charge in [-0.3, -0.25) is 14.3 Å². The number of nitrogens with one attached hydrogen (secondary N) is 2. The van der Waals surface area contributed by atoms with Crippen LogP contribution < -0.4 is 20.5 Å². The standard InChI is InChI=1S/C24H25N3O5S/c1-16-7-8-17(2)22(15-16)33(30,31)27-21-6-4-3-5-20(21)24(29)26-18-9-11-19(12-10-18)32-14-13-23(25)28/h3-12,15,27H,13-14H2,1-2H3,(H2,25,28)(H,26,29). The van der Waals surface area contributed by atoms with Gasteiger partial charge in [-0.05, 0) is 67.4 Å². The molecule has 0 saturated heterocycles. The molecule has 0 heterocycles. The van der Waals surface area contributed by atoms with Crippen LogP contribution in [0.15, 0.2) is 71.6 Å². The zero-order valence-corrected chi connectivity index (χ0v) is 19.1. The summed E-state index contributed by atoms with van der Waals surface area (Å²) in [5.74, 6) is -0.404. The minimum absolute atomic E-state index is 0.104. The molecular weight excluding hydrogens is 442 g/mol. The lowest BCUT2D eigenvalue weighted by atomic mass is 10.1. The molecule has 0 radical (unpaired) electrons. The van der Waals surface area contributed by atoms with Crippen molar-refractivity contribution in [2.24, 2.45) is 5.73 Å². The lowest BCUT2D eigenvalue weighted by molar-refractivity contribution is -0.118. The van der Waals surface area contributed by atoms with Gasteiger partial charge in [-0.1, -0.05) is 24.3 Å². The molecule has 0 fully saturated rings. The Labute approximate surface area is 192 Å². The number of aryl methyl sites for hydroxylation is 2. The summed E-state index contributed by atoms with van der Waals surface area (Å²) in [5.41, 5.74) is 7.34. The number of para-hydroxylation sites is 1. The third-order valence-corrected chi connectivity index (χ3v) is 6.29. The van der Waals surface area contributed by atoms with Crippen molar-refractivity contribution in [3.8, 4) is 5.75 Å². The fourth-order valence-corrected chi connectivity index (χ4v) is 4.48. The molecular formula is C24H25N3O5S. The van der Waals surface area contributed by atoms with E-state index in [4.69, 9.17) is 10.5 Å². The molecule has 0 aliphatic carbocycles. The van der Waals surface area contributed by atoms with Gasteiger partial charge in [0, 0.05) is 5.69 Å². The highest BCUT2D eigenvalue weighted by molar-refractivity contribution is 7.92. The van der Waals surface area contributed by atoms with Crippen LogP contribution in [-0.4, -0.2) is 26.8 Å². The van der Waals surface area contributed by atoms with Crippen LogP contribution >= 0.6 is 0 Å². The second kappa shape index (κ2) is 10.2. The molecule has 0 aromatic heterocycles. The van der Waals surface area contributed by atoms with Crippen LogP contribution in [0.3, 0.4) is 0 Å². The molecule has 0 saturated carbocycles. The molecule has 0 aliphatic heterocycles. The van der Waals surface area contributed by atoms with Gasteiger partial charge in [0.1, 0.15) is 5.75 Å². The Morgan fingerprint density at radius 3 is 2.36 bits per heavy atom. The van der Waals surface area contributed by atoms with Crippen LogP contribution in [0.5, 0.6) is 5.75 Å². The smallest absolute Gasteiger partial charge is 0.262 e. The Hall–Kier alpha value is -3.85. The largest absolute Gasteiger partial charge is 0.493 e. The predicted octanol–water partition coefficient (Wildman–Crippen LogP) is 3.61. The van der Waals surface area contributed by atoms with Crippen LogP contribution in [0.1, 0.15) is 27.9 Å². The summed E-state index contributed by atoms with van der Waals surface area (Å²) in [5, 5.41) is 2.74. The molecule has 3 rings (SSSR count). The Morgan fingerprint density at radius 1 is 0.970 bits per heavy atom. The number of nitrogens with two attached hydrogens (primary N) is 1. The Bertz CT molecular complexity index is 1270. The molecule has 4 N–H and O–H groups in total. The van der Waals surface area contributed by atoms with Gasteiger partial charge in [-0.2, -0.15) is 0 Å². The topological polar surface area (TPSA) is 128 Å². The maximum atomic E-state index is 13.0. The molecule has 0 spiro atoms. The van der Waals surface area contributed by atoms with E-state index < -0.39 is 21.8 Å². The van der Waals surface area contributed by atoms with Gasteiger partial charge < -0.3 is 15.8 Å². The average molecular weight is 468 g/mol. The Kier molecular flexibility index (Phi) is 7.34. The summed E-state index contributed by atoms with van der Waals surface area (Å²) in [4.78, 5) is 23.8. The van der Waals surface area contributed by atoms with Gasteiger partial charge in [0.05, 0.1) is 29.2 Å². The zero-order valence-electron chi connectivity index (χ0n) is 18.3. The van der Waals surface area contributed by atoms with Crippen LogP contribution in [0.25, 0.3) is 0 Å². The monoisotopic (exact) mass is 467 g/mol. The number of carbonyl (C=O) groups excluding carboxylic acids is 2. The van der Waals surface area contributed by atoms with Gasteiger partial charge in [-0.15, -0.1) is 0 Å². The lowest BCUT2D eigenvalue weighted by Crippen LogP contribution is -2.19. The van der Waals surface area contributed by atoms with E-state index in [0.29, 0.717) is 17.0 Å². The van der Waals surface area contributed by atoms with Gasteiger partial charge in [0.25, 0.3) is 15.9 Å². The van der Waals surface area contributed by atoms with Crippen LogP contribution in [0, 0.1) is 13.8 Å². The molecule has 9 heteroatoms. The second-order valence-corrected chi connectivity index (χ2v) is 9.11. The van der Waals surface area contributed by atoms with Crippen molar-refractivity contribution in [3.63, 3.8) is 0 Å². The van der Waals surface area contributed by atoms with Gasteiger partial charge in [-0.25, -0.2) is 8.42 Å². The number of hydrogen-bond acceptors (Lipinski definition) is 5. The van der Waals surface area contributed by atoms with Gasteiger partial charge in [0.2, 0.25) is 5.91 Å². The summed E-state index contributed by atoms with van der Waals surface area (Å²) in [7, 11) is -3.90. The first-order chi connectivity index (χ1) is 15.7. The Morgan fingerprint density at radius 2 is 1.67 bits per heavy atom. The number of rotatable bonds is 9. The molecule has 3 aromatic carbocycles. The number of hydrogen-bond donors (Lipinski definition) is 3. The summed E-state index contributed by atoms with van der Waals surface area (Å²) >= 11 is 0. The number of benzene rings is 3. The highest BCUT2D eigenvalue weighted by Gasteiger charge is 2.20. The molecule has 8 nitrogen and oxygen atoms in total. The minimum Gasteiger partial charge on any atom is -0.493 e. The quantitative estimate of drug-likeness (QED) is 0.443. The van der Waals surface area contributed by atoms with E-state index in [-0.39, 0.29) is 29.2 Å². The molecule has 0 bridgehead atoms. The zero-order chi connectivity index (χ0) is 24.0. The van der Waals surface area contributed by atoms with Crippen molar-refractivity contribution in [2.45, 2.75) is 25.2 Å². The molecule has 3 aromatic rings. The first kappa shape index (κ1) is 23.8. The average Bonchev–Trinajstić information content (AvgIpc) is 2.76. The normalized spacial score (nSPS) is 11.0. The number of primary amides is 1. The van der Waals surface area contributed by atoms with Crippen molar-refractivity contribution in [1.82, 2.24) is 0 Å². The number of ether oxygens (including phenoxy) is 1. The van der Waals surface area contributed by atoms with Gasteiger partial charge >= 0.3 is 0 Å². The van der Waals surface area contributed by atoms with Crippen molar-refractivity contribution >= 4 is 33.2 Å². The number of sulfonamides is 1. The molecule has 33 heavy (non-hydrogen) atoms. The molecule has 0 atom stereocenters. The summed E-state index contributed by atoms with van der Waals surface area (Å²) in [6, 6.07) is 18.1. The second-order valence-electron chi connectivity index (χ2n) is 7.46. The predicted molar refractivity (Wildman–Crippen MR) is 127 cm³/mol. The van der Waals surface area contributed by atoms with E-state index in [9.17, 15) is 18.0 Å². The van der Waals surface area contributed by atoms with E-state index in [1.807, 2.05) is 13.0 Å². The number of amides is 2. The summed E-state index contributed by atoms with van der Waals surface area (Å²) < 4.78 is 33.9. The van der Waals surface area contributed by atoms with E-state index in [1.165, 1.54) is 12.1 Å². The van der Waals surface area contributed by atoms with E-state index in [1.54, 1.807) is 55.5 Å². The minimum atomic E-state index is -3.90. The number of carbonyl (C=O) groups is 2. The third-order valence-electron chi connectivity index (χ3n) is 4.78. The van der Waals surface area contributed by atoms with E-state index in [2.05, 4.69) is 10.0 Å². The Balaban J connectivity index is 1.75. The van der Waals surface area contributed by atoms with Gasteiger partial charge in [0.15, 0.2) is 0 Å². The highest BCUT2D eigenvalue weighted by atomic mass is 32.2. The molecule has 172 valence electrons. The van der Waals surface area contributed by atoms with Crippen LogP contribution in [0.4, 0.5) is 11.4 Å². The summed E-state index contributed by atoms with van der Waals surface area (Å²) in [6.45, 7) is 3.69. The van der Waals surface area contributed by atoms with Crippen molar-refractivity contribution in [2.75, 3.05) is 16.6 Å². The molecule has 0 aliphatic rings. The number of anilines is 2.